The summed E-state index contributed by atoms with van der Waals surface area (Å²) in [4.78, 5) is 0. The average molecular weight is 247 g/mol. The molecule has 5 nitrogen and oxygen atoms in total. The number of benzene rings is 1. The smallest absolute Gasteiger partial charge is 0.220 e. The predicted molar refractivity (Wildman–Crippen MR) is 67.5 cm³/mol. The number of hydrogen-bond donors (Lipinski definition) is 1. The molecule has 5 heteroatoms. The second-order valence-corrected chi connectivity index (χ2v) is 4.01. The van der Waals surface area contributed by atoms with Crippen LogP contribution in [0, 0.1) is 0 Å². The molecule has 18 heavy (non-hydrogen) atoms. The molecule has 0 amide bonds. The van der Waals surface area contributed by atoms with Gasteiger partial charge < -0.3 is 14.9 Å². The van der Waals surface area contributed by atoms with Crippen molar-refractivity contribution in [2.75, 3.05) is 13.7 Å². The molecule has 0 spiro atoms. The van der Waals surface area contributed by atoms with Crippen LogP contribution in [0.15, 0.2) is 28.7 Å². The number of aryl methyl sites for hydroxylation is 1. The fourth-order valence-corrected chi connectivity index (χ4v) is 1.67. The number of nitrogens with zero attached hydrogens (tertiary/aromatic N) is 2. The van der Waals surface area contributed by atoms with Crippen molar-refractivity contribution in [3.05, 3.63) is 41.6 Å². The van der Waals surface area contributed by atoms with Crippen molar-refractivity contribution in [3.8, 4) is 5.75 Å². The van der Waals surface area contributed by atoms with E-state index in [4.69, 9.17) is 14.9 Å². The van der Waals surface area contributed by atoms with Crippen molar-refractivity contribution in [1.82, 2.24) is 10.2 Å². The highest BCUT2D eigenvalue weighted by Crippen LogP contribution is 2.15. The quantitative estimate of drug-likeness (QED) is 0.838. The first-order valence-electron chi connectivity index (χ1n) is 5.96. The Bertz CT molecular complexity index is 496. The molecule has 2 N–H and O–H groups in total. The highest BCUT2D eigenvalue weighted by Gasteiger charge is 2.07. The first-order chi connectivity index (χ1) is 8.81. The van der Waals surface area contributed by atoms with Gasteiger partial charge in [-0.1, -0.05) is 12.1 Å². The van der Waals surface area contributed by atoms with Crippen LogP contribution in [0.3, 0.4) is 0 Å². The van der Waals surface area contributed by atoms with E-state index in [2.05, 4.69) is 10.2 Å². The minimum atomic E-state index is 0.618. The Balaban J connectivity index is 2.01. The van der Waals surface area contributed by atoms with Crippen LogP contribution in [0.2, 0.25) is 0 Å². The molecule has 2 aromatic rings. The van der Waals surface area contributed by atoms with Crippen LogP contribution in [-0.2, 0) is 12.8 Å². The van der Waals surface area contributed by atoms with Crippen LogP contribution in [0.25, 0.3) is 0 Å². The third-order valence-electron chi connectivity index (χ3n) is 2.59. The van der Waals surface area contributed by atoms with Crippen molar-refractivity contribution in [2.24, 2.45) is 5.73 Å². The van der Waals surface area contributed by atoms with Crippen molar-refractivity contribution in [2.45, 2.75) is 19.3 Å². The highest BCUT2D eigenvalue weighted by molar-refractivity contribution is 5.29. The monoisotopic (exact) mass is 247 g/mol. The first kappa shape index (κ1) is 12.6. The van der Waals surface area contributed by atoms with Crippen LogP contribution in [0.4, 0.5) is 0 Å². The SMILES string of the molecule is COc1cccc(Cc2nnc(CCCN)o2)c1. The summed E-state index contributed by atoms with van der Waals surface area (Å²) in [7, 11) is 1.65. The fraction of sp³-hybridized carbons (Fsp3) is 0.385. The zero-order valence-corrected chi connectivity index (χ0v) is 10.4. The molecule has 0 aliphatic rings. The molecule has 0 bridgehead atoms. The molecule has 2 rings (SSSR count). The summed E-state index contributed by atoms with van der Waals surface area (Å²) in [6, 6.07) is 7.82. The first-order valence-corrected chi connectivity index (χ1v) is 5.96. The van der Waals surface area contributed by atoms with E-state index >= 15 is 0 Å². The second kappa shape index (κ2) is 6.16. The lowest BCUT2D eigenvalue weighted by atomic mass is 10.1. The molecule has 0 aliphatic carbocycles. The topological polar surface area (TPSA) is 74.2 Å². The van der Waals surface area contributed by atoms with Crippen molar-refractivity contribution in [3.63, 3.8) is 0 Å². The van der Waals surface area contributed by atoms with Crippen LogP contribution < -0.4 is 10.5 Å². The highest BCUT2D eigenvalue weighted by atomic mass is 16.5. The molecule has 1 heterocycles. The average Bonchev–Trinajstić information content (AvgIpc) is 2.84. The van der Waals surface area contributed by atoms with Crippen molar-refractivity contribution in [1.29, 1.82) is 0 Å². The van der Waals surface area contributed by atoms with Crippen molar-refractivity contribution >= 4 is 0 Å². The van der Waals surface area contributed by atoms with E-state index in [9.17, 15) is 0 Å². The summed E-state index contributed by atoms with van der Waals surface area (Å²) in [5, 5.41) is 8.01. The number of methoxy groups -OCH3 is 1. The van der Waals surface area contributed by atoms with Gasteiger partial charge in [-0.05, 0) is 30.7 Å². The minimum absolute atomic E-state index is 0.618. The van der Waals surface area contributed by atoms with Crippen molar-refractivity contribution < 1.29 is 9.15 Å². The molecule has 0 saturated carbocycles. The minimum Gasteiger partial charge on any atom is -0.497 e. The Labute approximate surface area is 106 Å². The van der Waals surface area contributed by atoms with E-state index < -0.39 is 0 Å². The van der Waals surface area contributed by atoms with E-state index in [1.165, 1.54) is 0 Å². The summed E-state index contributed by atoms with van der Waals surface area (Å²) in [6.07, 6.45) is 2.22. The van der Waals surface area contributed by atoms with Crippen LogP contribution >= 0.6 is 0 Å². The van der Waals surface area contributed by atoms with Gasteiger partial charge in [-0.25, -0.2) is 0 Å². The standard InChI is InChI=1S/C13H17N3O2/c1-17-11-5-2-4-10(8-11)9-13-16-15-12(18-13)6-3-7-14/h2,4-5,8H,3,6-7,9,14H2,1H3. The van der Waals surface area contributed by atoms with E-state index in [1.807, 2.05) is 24.3 Å². The summed E-state index contributed by atoms with van der Waals surface area (Å²) >= 11 is 0. The maximum atomic E-state index is 5.54. The number of ether oxygens (including phenoxy) is 1. The van der Waals surface area contributed by atoms with Crippen LogP contribution in [0.1, 0.15) is 23.8 Å². The Morgan fingerprint density at radius 1 is 1.28 bits per heavy atom. The van der Waals surface area contributed by atoms with Crippen LogP contribution in [0.5, 0.6) is 5.75 Å². The molecule has 0 unspecified atom stereocenters. The fourth-order valence-electron chi connectivity index (χ4n) is 1.67. The second-order valence-electron chi connectivity index (χ2n) is 4.01. The van der Waals surface area contributed by atoms with E-state index in [-0.39, 0.29) is 0 Å². The molecular weight excluding hydrogens is 230 g/mol. The summed E-state index contributed by atoms with van der Waals surface area (Å²) in [5.74, 6) is 2.10. The zero-order chi connectivity index (χ0) is 12.8. The zero-order valence-electron chi connectivity index (χ0n) is 10.4. The summed E-state index contributed by atoms with van der Waals surface area (Å²) in [6.45, 7) is 0.633. The lowest BCUT2D eigenvalue weighted by Crippen LogP contribution is -2.00. The van der Waals surface area contributed by atoms with Gasteiger partial charge in [0.25, 0.3) is 0 Å². The molecule has 0 aliphatic heterocycles. The van der Waals surface area contributed by atoms with Gasteiger partial charge in [0.15, 0.2) is 0 Å². The van der Waals surface area contributed by atoms with Gasteiger partial charge in [0, 0.05) is 6.42 Å². The maximum Gasteiger partial charge on any atom is 0.220 e. The summed E-state index contributed by atoms with van der Waals surface area (Å²) in [5.41, 5.74) is 6.52. The number of hydrogen-bond acceptors (Lipinski definition) is 5. The molecule has 1 aromatic carbocycles. The summed E-state index contributed by atoms with van der Waals surface area (Å²) < 4.78 is 10.7. The Hall–Kier alpha value is -1.88. The lowest BCUT2D eigenvalue weighted by molar-refractivity contribution is 0.414. The molecule has 0 fully saturated rings. The van der Waals surface area contributed by atoms with Gasteiger partial charge in [0.1, 0.15) is 5.75 Å². The largest absolute Gasteiger partial charge is 0.497 e. The third kappa shape index (κ3) is 3.30. The molecule has 0 atom stereocenters. The van der Waals surface area contributed by atoms with Gasteiger partial charge in [0.05, 0.1) is 13.5 Å². The predicted octanol–water partition coefficient (Wildman–Crippen LogP) is 1.56. The number of aromatic nitrogens is 2. The van der Waals surface area contributed by atoms with Gasteiger partial charge in [0.2, 0.25) is 11.8 Å². The molecule has 0 saturated heterocycles. The molecule has 1 aromatic heterocycles. The Kier molecular flexibility index (Phi) is 4.30. The van der Waals surface area contributed by atoms with Crippen LogP contribution in [-0.4, -0.2) is 23.9 Å². The Morgan fingerprint density at radius 2 is 2.11 bits per heavy atom. The van der Waals surface area contributed by atoms with Gasteiger partial charge in [-0.3, -0.25) is 0 Å². The van der Waals surface area contributed by atoms with Gasteiger partial charge in [-0.15, -0.1) is 10.2 Å². The lowest BCUT2D eigenvalue weighted by Gasteiger charge is -2.01. The third-order valence-corrected chi connectivity index (χ3v) is 2.59. The van der Waals surface area contributed by atoms with Gasteiger partial charge in [-0.2, -0.15) is 0 Å². The van der Waals surface area contributed by atoms with Gasteiger partial charge >= 0.3 is 0 Å². The Morgan fingerprint density at radius 3 is 2.89 bits per heavy atom. The number of nitrogens with two attached hydrogens (primary N) is 1. The maximum absolute atomic E-state index is 5.54. The van der Waals surface area contributed by atoms with E-state index in [1.54, 1.807) is 7.11 Å². The molecule has 96 valence electrons. The van der Waals surface area contributed by atoms with E-state index in [0.29, 0.717) is 24.7 Å². The molecular formula is C13H17N3O2. The number of rotatable bonds is 6. The van der Waals surface area contributed by atoms with E-state index in [0.717, 1.165) is 24.2 Å². The normalized spacial score (nSPS) is 10.6. The molecule has 0 radical (unpaired) electrons.